The number of carboxylic acids is 1. The van der Waals surface area contributed by atoms with Gasteiger partial charge in [0.05, 0.1) is 6.61 Å². The van der Waals surface area contributed by atoms with Crippen LogP contribution in [-0.4, -0.2) is 84.5 Å². The summed E-state index contributed by atoms with van der Waals surface area (Å²) in [6, 6.07) is 0.870. The van der Waals surface area contributed by atoms with Crippen LogP contribution < -0.4 is 9.80 Å². The Hall–Kier alpha value is -2.14. The lowest BCUT2D eigenvalue weighted by atomic mass is 9.81. The van der Waals surface area contributed by atoms with Gasteiger partial charge in [0.15, 0.2) is 5.69 Å². The zero-order valence-corrected chi connectivity index (χ0v) is 15.1. The number of carboxylic acid groups (broad SMARTS) is 1. The third kappa shape index (κ3) is 3.53. The molecule has 0 aromatic carbocycles. The number of likely N-dealkylation sites (tertiary alicyclic amines) is 1. The van der Waals surface area contributed by atoms with Crippen LogP contribution in [0, 0.1) is 11.3 Å². The molecule has 1 aromatic rings. The van der Waals surface area contributed by atoms with E-state index >= 15 is 0 Å². The molecular weight excluding hydrogens is 367 g/mol. The number of fused-ring (bicyclic) bond motifs is 1. The monoisotopic (exact) mass is 389 g/mol. The predicted octanol–water partition coefficient (Wildman–Crippen LogP) is 0.377. The van der Waals surface area contributed by atoms with Crippen molar-refractivity contribution in [1.29, 1.82) is 0 Å². The Morgan fingerprint density at radius 3 is 2.56 bits per heavy atom. The summed E-state index contributed by atoms with van der Waals surface area (Å²) in [4.78, 5) is 24.6. The number of aliphatic hydroxyl groups excluding tert-OH is 1. The molecule has 0 bridgehead atoms. The Labute approximate surface area is 154 Å². The fraction of sp³-hybridized carbons (Fsp3) is 0.688. The van der Waals surface area contributed by atoms with Crippen LogP contribution in [0.25, 0.3) is 0 Å². The zero-order chi connectivity index (χ0) is 20.0. The molecular formula is C16H22F3N5O3. The highest BCUT2D eigenvalue weighted by molar-refractivity contribution is 5.78. The maximum atomic E-state index is 13.2. The van der Waals surface area contributed by atoms with Gasteiger partial charge in [-0.05, 0) is 0 Å². The number of halogens is 3. The maximum absolute atomic E-state index is 13.2. The van der Waals surface area contributed by atoms with Gasteiger partial charge >= 0.3 is 12.1 Å². The molecule has 2 aliphatic heterocycles. The average Bonchev–Trinajstić information content (AvgIpc) is 3.09. The lowest BCUT2D eigenvalue weighted by Gasteiger charge is -2.26. The van der Waals surface area contributed by atoms with E-state index in [4.69, 9.17) is 5.11 Å². The molecule has 2 fully saturated rings. The molecule has 2 atom stereocenters. The summed E-state index contributed by atoms with van der Waals surface area (Å²) in [6.07, 6.45) is -4.62. The van der Waals surface area contributed by atoms with E-state index in [1.807, 2.05) is 4.90 Å². The molecule has 11 heteroatoms. The number of β-amino-alcohol motifs (C(OH)–C–C–N with tert-alkyl or cyclic N) is 1. The van der Waals surface area contributed by atoms with E-state index in [-0.39, 0.29) is 43.9 Å². The van der Waals surface area contributed by atoms with E-state index in [0.717, 1.165) is 6.07 Å². The fourth-order valence-corrected chi connectivity index (χ4v) is 3.89. The standard InChI is InChI=1S/C16H22F3N5O3/c1-22(2)14-20-11(16(17,18)19)5-12(21-14)24-7-10-6-23(3-4-25)8-15(10,9-24)13(26)27/h5,10,25H,3-4,6-9H2,1-2H3,(H,26,27)/t10-,15-/m0/s1. The molecule has 3 heterocycles. The number of carbonyl (C=O) groups is 1. The number of anilines is 2. The van der Waals surface area contributed by atoms with Crippen LogP contribution in [0.3, 0.4) is 0 Å². The van der Waals surface area contributed by atoms with Crippen molar-refractivity contribution in [1.82, 2.24) is 14.9 Å². The van der Waals surface area contributed by atoms with Gasteiger partial charge in [-0.3, -0.25) is 9.69 Å². The number of aromatic nitrogens is 2. The normalized spacial score (nSPS) is 25.7. The average molecular weight is 389 g/mol. The minimum atomic E-state index is -4.62. The number of rotatable bonds is 5. The molecule has 8 nitrogen and oxygen atoms in total. The second kappa shape index (κ2) is 6.79. The highest BCUT2D eigenvalue weighted by atomic mass is 19.4. The molecule has 0 saturated carbocycles. The van der Waals surface area contributed by atoms with E-state index in [2.05, 4.69) is 9.97 Å². The summed E-state index contributed by atoms with van der Waals surface area (Å²) in [5.74, 6) is -1.24. The van der Waals surface area contributed by atoms with Gasteiger partial charge in [0.1, 0.15) is 11.2 Å². The summed E-state index contributed by atoms with van der Waals surface area (Å²) in [7, 11) is 3.09. The van der Waals surface area contributed by atoms with E-state index in [9.17, 15) is 23.1 Å². The molecule has 0 aliphatic carbocycles. The van der Waals surface area contributed by atoms with Gasteiger partial charge in [-0.15, -0.1) is 0 Å². The molecule has 1 aromatic heterocycles. The second-order valence-electron chi connectivity index (χ2n) is 7.30. The number of hydrogen-bond acceptors (Lipinski definition) is 7. The van der Waals surface area contributed by atoms with Gasteiger partial charge in [-0.25, -0.2) is 4.98 Å². The van der Waals surface area contributed by atoms with E-state index in [0.29, 0.717) is 13.1 Å². The van der Waals surface area contributed by atoms with Crippen molar-refractivity contribution >= 4 is 17.7 Å². The van der Waals surface area contributed by atoms with Crippen molar-refractivity contribution in [2.75, 3.05) is 63.2 Å². The first-order chi connectivity index (χ1) is 12.6. The topological polar surface area (TPSA) is 93.0 Å². The second-order valence-corrected chi connectivity index (χ2v) is 7.30. The molecule has 0 amide bonds. The van der Waals surface area contributed by atoms with Gasteiger partial charge in [0, 0.05) is 58.8 Å². The first-order valence-electron chi connectivity index (χ1n) is 8.52. The number of alkyl halides is 3. The van der Waals surface area contributed by atoms with Crippen molar-refractivity contribution in [2.45, 2.75) is 6.18 Å². The van der Waals surface area contributed by atoms with E-state index in [1.165, 1.54) is 4.90 Å². The maximum Gasteiger partial charge on any atom is 0.433 e. The molecule has 2 saturated heterocycles. The zero-order valence-electron chi connectivity index (χ0n) is 15.1. The predicted molar refractivity (Wildman–Crippen MR) is 90.7 cm³/mol. The Morgan fingerprint density at radius 2 is 2.04 bits per heavy atom. The Balaban J connectivity index is 1.93. The third-order valence-electron chi connectivity index (χ3n) is 5.24. The van der Waals surface area contributed by atoms with Crippen LogP contribution in [0.15, 0.2) is 6.07 Å². The summed E-state index contributed by atoms with van der Waals surface area (Å²) in [5.41, 5.74) is -2.14. The number of nitrogens with zero attached hydrogens (tertiary/aromatic N) is 5. The lowest BCUT2D eigenvalue weighted by molar-refractivity contribution is -0.148. The summed E-state index contributed by atoms with van der Waals surface area (Å²) >= 11 is 0. The Morgan fingerprint density at radius 1 is 1.33 bits per heavy atom. The molecule has 150 valence electrons. The van der Waals surface area contributed by atoms with Gasteiger partial charge in [-0.1, -0.05) is 0 Å². The highest BCUT2D eigenvalue weighted by Gasteiger charge is 2.57. The molecule has 2 N–H and O–H groups in total. The molecule has 2 aliphatic rings. The van der Waals surface area contributed by atoms with E-state index in [1.54, 1.807) is 19.0 Å². The Kier molecular flexibility index (Phi) is 4.93. The summed E-state index contributed by atoms with van der Waals surface area (Å²) in [5, 5.41) is 18.9. The van der Waals surface area contributed by atoms with Crippen molar-refractivity contribution in [3.05, 3.63) is 11.8 Å². The number of hydrogen-bond donors (Lipinski definition) is 2. The van der Waals surface area contributed by atoms with Crippen molar-refractivity contribution in [3.63, 3.8) is 0 Å². The SMILES string of the molecule is CN(C)c1nc(N2C[C@@H]3CN(CCO)C[C@]3(C(=O)O)C2)cc(C(F)(F)F)n1. The fourth-order valence-electron chi connectivity index (χ4n) is 3.89. The smallest absolute Gasteiger partial charge is 0.433 e. The van der Waals surface area contributed by atoms with Crippen molar-refractivity contribution in [3.8, 4) is 0 Å². The van der Waals surface area contributed by atoms with Crippen LogP contribution in [-0.2, 0) is 11.0 Å². The summed E-state index contributed by atoms with van der Waals surface area (Å²) < 4.78 is 39.7. The quantitative estimate of drug-likeness (QED) is 0.747. The van der Waals surface area contributed by atoms with E-state index < -0.39 is 23.3 Å². The largest absolute Gasteiger partial charge is 0.481 e. The van der Waals surface area contributed by atoms with Gasteiger partial charge < -0.3 is 20.0 Å². The van der Waals surface area contributed by atoms with Gasteiger partial charge in [-0.2, -0.15) is 18.2 Å². The molecule has 27 heavy (non-hydrogen) atoms. The van der Waals surface area contributed by atoms with Gasteiger partial charge in [0.2, 0.25) is 5.95 Å². The first-order valence-corrected chi connectivity index (χ1v) is 8.52. The first kappa shape index (κ1) is 19.6. The third-order valence-corrected chi connectivity index (χ3v) is 5.24. The molecule has 0 unspecified atom stereocenters. The minimum absolute atomic E-state index is 0.0656. The number of aliphatic carboxylic acids is 1. The van der Waals surface area contributed by atoms with Crippen LogP contribution in [0.5, 0.6) is 0 Å². The van der Waals surface area contributed by atoms with Crippen LogP contribution in [0.2, 0.25) is 0 Å². The molecule has 0 radical (unpaired) electrons. The minimum Gasteiger partial charge on any atom is -0.481 e. The Bertz CT molecular complexity index is 730. The van der Waals surface area contributed by atoms with Crippen molar-refractivity contribution < 1.29 is 28.2 Å². The number of aliphatic hydroxyl groups is 1. The van der Waals surface area contributed by atoms with Crippen molar-refractivity contribution in [2.24, 2.45) is 11.3 Å². The highest BCUT2D eigenvalue weighted by Crippen LogP contribution is 2.44. The van der Waals surface area contributed by atoms with Gasteiger partial charge in [0.25, 0.3) is 0 Å². The lowest BCUT2D eigenvalue weighted by Crippen LogP contribution is -2.41. The van der Waals surface area contributed by atoms with Crippen LogP contribution in [0.1, 0.15) is 5.69 Å². The van der Waals surface area contributed by atoms with Crippen LogP contribution in [0.4, 0.5) is 24.9 Å². The summed E-state index contributed by atoms with van der Waals surface area (Å²) in [6.45, 7) is 1.38. The molecule has 3 rings (SSSR count). The molecule has 0 spiro atoms. The van der Waals surface area contributed by atoms with Crippen LogP contribution >= 0.6 is 0 Å².